The Bertz CT molecular complexity index is 849. The molecule has 114 valence electrons. The fourth-order valence-corrected chi connectivity index (χ4v) is 3.58. The van der Waals surface area contributed by atoms with E-state index in [2.05, 4.69) is 25.1 Å². The second-order valence-corrected chi connectivity index (χ2v) is 6.40. The van der Waals surface area contributed by atoms with E-state index in [1.54, 1.807) is 24.8 Å². The second kappa shape index (κ2) is 5.92. The van der Waals surface area contributed by atoms with Crippen molar-refractivity contribution < 1.29 is 0 Å². The fraction of sp³-hybridized carbons (Fsp3) is 0.250. The van der Waals surface area contributed by atoms with E-state index in [1.165, 1.54) is 11.3 Å². The lowest BCUT2D eigenvalue weighted by atomic mass is 9.96. The molecule has 1 aliphatic rings. The van der Waals surface area contributed by atoms with Crippen LogP contribution in [0.4, 0.5) is 0 Å². The Hall–Kier alpha value is -2.54. The van der Waals surface area contributed by atoms with E-state index < -0.39 is 0 Å². The van der Waals surface area contributed by atoms with Crippen LogP contribution >= 0.6 is 11.3 Å². The van der Waals surface area contributed by atoms with E-state index in [0.717, 1.165) is 51.8 Å². The lowest BCUT2D eigenvalue weighted by molar-refractivity contribution is 0.543. The third-order valence-corrected chi connectivity index (χ3v) is 4.95. The Balaban J connectivity index is 1.72. The second-order valence-electron chi connectivity index (χ2n) is 5.37. The summed E-state index contributed by atoms with van der Waals surface area (Å²) in [5.74, 6) is 0. The summed E-state index contributed by atoms with van der Waals surface area (Å²) in [6, 6.07) is 3.48. The molecule has 0 fully saturated rings. The highest BCUT2D eigenvalue weighted by atomic mass is 32.1. The Morgan fingerprint density at radius 1 is 1.22 bits per heavy atom. The molecule has 1 atom stereocenters. The third-order valence-electron chi connectivity index (χ3n) is 3.88. The largest absolute Gasteiger partial charge is 0.264 e. The van der Waals surface area contributed by atoms with Crippen LogP contribution in [0.25, 0.3) is 21.1 Å². The summed E-state index contributed by atoms with van der Waals surface area (Å²) in [4.78, 5) is 29.6. The number of rotatable bonds is 3. The van der Waals surface area contributed by atoms with Gasteiger partial charge in [-0.25, -0.2) is 9.97 Å². The van der Waals surface area contributed by atoms with Gasteiger partial charge < -0.3 is 0 Å². The van der Waals surface area contributed by atoms with Gasteiger partial charge in [0.25, 0.3) is 0 Å². The first kappa shape index (κ1) is 14.1. The average molecular weight is 323 g/mol. The molecule has 0 aromatic carbocycles. The van der Waals surface area contributed by atoms with E-state index >= 15 is 0 Å². The molecule has 3 aromatic rings. The molecule has 4 rings (SSSR count). The molecule has 3 heterocycles. The molecule has 0 saturated carbocycles. The van der Waals surface area contributed by atoms with Crippen molar-refractivity contribution in [3.8, 4) is 21.1 Å². The van der Waals surface area contributed by atoms with Crippen molar-refractivity contribution in [2.75, 3.05) is 0 Å². The fourth-order valence-electron chi connectivity index (χ4n) is 2.72. The molecule has 0 spiro atoms. The maximum absolute atomic E-state index is 11.0. The van der Waals surface area contributed by atoms with E-state index in [0.29, 0.717) is 0 Å². The molecule has 0 aliphatic heterocycles. The Kier molecular flexibility index (Phi) is 3.63. The Morgan fingerprint density at radius 2 is 2.17 bits per heavy atom. The number of nitrogens with zero attached hydrogens (tertiary/aromatic N) is 5. The minimum atomic E-state index is -0.378. The first-order valence-electron chi connectivity index (χ1n) is 7.40. The van der Waals surface area contributed by atoms with E-state index in [1.807, 2.05) is 12.1 Å². The van der Waals surface area contributed by atoms with Crippen molar-refractivity contribution in [3.05, 3.63) is 53.2 Å². The number of aromatic nitrogens is 4. The zero-order valence-electron chi connectivity index (χ0n) is 12.2. The predicted molar refractivity (Wildman–Crippen MR) is 87.8 cm³/mol. The van der Waals surface area contributed by atoms with E-state index in [4.69, 9.17) is 0 Å². The predicted octanol–water partition coefficient (Wildman–Crippen LogP) is 3.81. The minimum Gasteiger partial charge on any atom is -0.264 e. The number of thiazole rings is 1. The standard InChI is InChI=1S/C16H13N5OS/c22-21-12-5-1-4-11-15(12)20-13(8-18-11)14-9-19-16(23-14)10-3-2-6-17-7-10/h2-3,6-9,12H,1,4-5H2. The van der Waals surface area contributed by atoms with Gasteiger partial charge in [-0.05, 0) is 31.4 Å². The summed E-state index contributed by atoms with van der Waals surface area (Å²) in [5.41, 5.74) is 3.33. The van der Waals surface area contributed by atoms with E-state index in [9.17, 15) is 4.91 Å². The molecular formula is C16H13N5OS. The molecule has 3 aromatic heterocycles. The molecule has 6 nitrogen and oxygen atoms in total. The number of hydrogen-bond acceptors (Lipinski definition) is 7. The molecule has 1 unspecified atom stereocenters. The molecule has 0 N–H and O–H groups in total. The van der Waals surface area contributed by atoms with Gasteiger partial charge in [0.2, 0.25) is 0 Å². The highest BCUT2D eigenvalue weighted by Crippen LogP contribution is 2.34. The van der Waals surface area contributed by atoms with Gasteiger partial charge in [0.1, 0.15) is 16.7 Å². The van der Waals surface area contributed by atoms with Gasteiger partial charge in [-0.3, -0.25) is 9.97 Å². The van der Waals surface area contributed by atoms with Gasteiger partial charge in [0, 0.05) is 24.2 Å². The minimum absolute atomic E-state index is 0.378. The zero-order valence-corrected chi connectivity index (χ0v) is 13.0. The van der Waals surface area contributed by atoms with Gasteiger partial charge in [-0.15, -0.1) is 11.3 Å². The Labute approximate surface area is 136 Å². The molecule has 0 amide bonds. The molecule has 0 radical (unpaired) electrons. The van der Waals surface area contributed by atoms with Crippen LogP contribution < -0.4 is 0 Å². The van der Waals surface area contributed by atoms with Crippen molar-refractivity contribution >= 4 is 11.3 Å². The van der Waals surface area contributed by atoms with Crippen molar-refractivity contribution in [2.24, 2.45) is 5.18 Å². The van der Waals surface area contributed by atoms with Crippen molar-refractivity contribution in [2.45, 2.75) is 25.3 Å². The lowest BCUT2D eigenvalue weighted by Gasteiger charge is -2.18. The summed E-state index contributed by atoms with van der Waals surface area (Å²) in [5, 5.41) is 4.09. The number of nitroso groups, excluding NO2 is 1. The van der Waals surface area contributed by atoms with Crippen LogP contribution in [0, 0.1) is 4.91 Å². The number of fused-ring (bicyclic) bond motifs is 1. The molecule has 0 saturated heterocycles. The van der Waals surface area contributed by atoms with Crippen LogP contribution in [-0.4, -0.2) is 19.9 Å². The summed E-state index contributed by atoms with van der Waals surface area (Å²) in [6.07, 6.45) is 9.61. The van der Waals surface area contributed by atoms with E-state index in [-0.39, 0.29) is 6.04 Å². The molecule has 7 heteroatoms. The van der Waals surface area contributed by atoms with Gasteiger partial charge in [0.05, 0.1) is 22.5 Å². The summed E-state index contributed by atoms with van der Waals surface area (Å²) in [6.45, 7) is 0. The average Bonchev–Trinajstić information content (AvgIpc) is 3.11. The highest BCUT2D eigenvalue weighted by molar-refractivity contribution is 7.18. The van der Waals surface area contributed by atoms with Crippen molar-refractivity contribution in [1.82, 2.24) is 19.9 Å². The summed E-state index contributed by atoms with van der Waals surface area (Å²) >= 11 is 1.54. The maximum atomic E-state index is 11.0. The van der Waals surface area contributed by atoms with Crippen LogP contribution in [0.15, 0.2) is 42.1 Å². The van der Waals surface area contributed by atoms with Gasteiger partial charge in [0.15, 0.2) is 0 Å². The quantitative estimate of drug-likeness (QED) is 0.685. The molecular weight excluding hydrogens is 310 g/mol. The van der Waals surface area contributed by atoms with Gasteiger partial charge in [-0.1, -0.05) is 5.18 Å². The summed E-state index contributed by atoms with van der Waals surface area (Å²) < 4.78 is 0. The lowest BCUT2D eigenvalue weighted by Crippen LogP contribution is -2.12. The van der Waals surface area contributed by atoms with Crippen molar-refractivity contribution in [3.63, 3.8) is 0 Å². The topological polar surface area (TPSA) is 81.0 Å². The molecule has 1 aliphatic carbocycles. The summed E-state index contributed by atoms with van der Waals surface area (Å²) in [7, 11) is 0. The number of aryl methyl sites for hydroxylation is 1. The molecule has 0 bridgehead atoms. The Morgan fingerprint density at radius 3 is 3.00 bits per heavy atom. The number of pyridine rings is 1. The maximum Gasteiger partial charge on any atom is 0.136 e. The van der Waals surface area contributed by atoms with Crippen LogP contribution in [0.3, 0.4) is 0 Å². The van der Waals surface area contributed by atoms with Crippen LogP contribution in [0.2, 0.25) is 0 Å². The van der Waals surface area contributed by atoms with Crippen LogP contribution in [-0.2, 0) is 6.42 Å². The monoisotopic (exact) mass is 323 g/mol. The SMILES string of the molecule is O=NC1CCCc2ncc(-c3cnc(-c4cccnc4)s3)nc21. The first-order chi connectivity index (χ1) is 11.3. The highest BCUT2D eigenvalue weighted by Gasteiger charge is 2.24. The third kappa shape index (κ3) is 2.63. The zero-order chi connectivity index (χ0) is 15.6. The smallest absolute Gasteiger partial charge is 0.136 e. The van der Waals surface area contributed by atoms with Gasteiger partial charge >= 0.3 is 0 Å². The molecule has 23 heavy (non-hydrogen) atoms. The van der Waals surface area contributed by atoms with Gasteiger partial charge in [-0.2, -0.15) is 4.91 Å². The first-order valence-corrected chi connectivity index (χ1v) is 8.21. The van der Waals surface area contributed by atoms with Crippen LogP contribution in [0.5, 0.6) is 0 Å². The van der Waals surface area contributed by atoms with Crippen molar-refractivity contribution in [1.29, 1.82) is 0 Å². The normalized spacial score (nSPS) is 16.8. The van der Waals surface area contributed by atoms with Crippen LogP contribution in [0.1, 0.15) is 30.3 Å². The number of hydrogen-bond donors (Lipinski definition) is 0.